The molecule has 3 rings (SSSR count). The number of hydrogen-bond donors (Lipinski definition) is 1. The van der Waals surface area contributed by atoms with Crippen molar-refractivity contribution < 1.29 is 9.90 Å². The number of aldehydes is 1. The van der Waals surface area contributed by atoms with Gasteiger partial charge in [-0.15, -0.1) is 0 Å². The Morgan fingerprint density at radius 1 is 1.12 bits per heavy atom. The SMILES string of the molecule is O=CC1CCC(c2ccc(Br)cc2)CN1[C@H](CO)c1ccccc1. The number of carbonyl (C=O) groups excluding carboxylic acids is 1. The number of benzene rings is 2. The summed E-state index contributed by atoms with van der Waals surface area (Å²) in [5, 5.41) is 9.97. The molecule has 0 spiro atoms. The number of piperidine rings is 1. The summed E-state index contributed by atoms with van der Waals surface area (Å²) in [6.07, 6.45) is 2.85. The number of carbonyl (C=O) groups is 1. The molecule has 2 unspecified atom stereocenters. The first-order valence-corrected chi connectivity index (χ1v) is 9.14. The van der Waals surface area contributed by atoms with Crippen molar-refractivity contribution in [2.24, 2.45) is 0 Å². The molecule has 126 valence electrons. The summed E-state index contributed by atoms with van der Waals surface area (Å²) in [4.78, 5) is 13.7. The average molecular weight is 388 g/mol. The van der Waals surface area contributed by atoms with Crippen LogP contribution in [0.5, 0.6) is 0 Å². The van der Waals surface area contributed by atoms with Crippen molar-refractivity contribution in [1.82, 2.24) is 4.90 Å². The Hall–Kier alpha value is -1.49. The van der Waals surface area contributed by atoms with E-state index >= 15 is 0 Å². The topological polar surface area (TPSA) is 40.5 Å². The maximum Gasteiger partial charge on any atom is 0.137 e. The number of aliphatic hydroxyl groups excluding tert-OH is 1. The Labute approximate surface area is 151 Å². The van der Waals surface area contributed by atoms with E-state index in [1.54, 1.807) is 0 Å². The molecule has 24 heavy (non-hydrogen) atoms. The van der Waals surface area contributed by atoms with Crippen molar-refractivity contribution in [3.8, 4) is 0 Å². The van der Waals surface area contributed by atoms with E-state index in [1.165, 1.54) is 5.56 Å². The average Bonchev–Trinajstić information content (AvgIpc) is 2.64. The molecule has 1 fully saturated rings. The number of nitrogens with zero attached hydrogens (tertiary/aromatic N) is 1. The second-order valence-corrected chi connectivity index (χ2v) is 7.25. The van der Waals surface area contributed by atoms with Crippen LogP contribution in [0.1, 0.15) is 35.9 Å². The molecule has 3 nitrogen and oxygen atoms in total. The van der Waals surface area contributed by atoms with Gasteiger partial charge >= 0.3 is 0 Å². The predicted octanol–water partition coefficient (Wildman–Crippen LogP) is 3.93. The number of halogens is 1. The van der Waals surface area contributed by atoms with Crippen LogP contribution < -0.4 is 0 Å². The van der Waals surface area contributed by atoms with Crippen LogP contribution in [0.4, 0.5) is 0 Å². The van der Waals surface area contributed by atoms with Gasteiger partial charge in [0.25, 0.3) is 0 Å². The smallest absolute Gasteiger partial charge is 0.137 e. The maximum absolute atomic E-state index is 11.6. The number of hydrogen-bond acceptors (Lipinski definition) is 3. The fraction of sp³-hybridized carbons (Fsp3) is 0.350. The Morgan fingerprint density at radius 2 is 1.83 bits per heavy atom. The highest BCUT2D eigenvalue weighted by Crippen LogP contribution is 2.35. The standard InChI is InChI=1S/C20H22BrNO2/c21-18-9-6-15(7-10-18)17-8-11-19(13-23)22(12-17)20(14-24)16-4-2-1-3-5-16/h1-7,9-10,13,17,19-20,24H,8,11-12,14H2/t17?,19?,20-/m1/s1. The molecular weight excluding hydrogens is 366 g/mol. The lowest BCUT2D eigenvalue weighted by Gasteiger charge is -2.41. The van der Waals surface area contributed by atoms with Crippen LogP contribution in [0.2, 0.25) is 0 Å². The summed E-state index contributed by atoms with van der Waals surface area (Å²) < 4.78 is 1.07. The lowest BCUT2D eigenvalue weighted by molar-refractivity contribution is -0.115. The lowest BCUT2D eigenvalue weighted by Crippen LogP contribution is -2.46. The Bertz CT molecular complexity index is 659. The fourth-order valence-corrected chi connectivity index (χ4v) is 3.87. The van der Waals surface area contributed by atoms with Crippen molar-refractivity contribution in [3.05, 3.63) is 70.2 Å². The molecule has 0 radical (unpaired) electrons. The summed E-state index contributed by atoms with van der Waals surface area (Å²) in [6, 6.07) is 18.1. The van der Waals surface area contributed by atoms with Crippen molar-refractivity contribution in [3.63, 3.8) is 0 Å². The normalized spacial score (nSPS) is 22.9. The molecule has 0 aromatic heterocycles. The van der Waals surface area contributed by atoms with E-state index in [2.05, 4.69) is 45.1 Å². The zero-order chi connectivity index (χ0) is 16.9. The number of likely N-dealkylation sites (tertiary alicyclic amines) is 1. The molecule has 0 aliphatic carbocycles. The van der Waals surface area contributed by atoms with Gasteiger partial charge in [-0.25, -0.2) is 0 Å². The highest BCUT2D eigenvalue weighted by Gasteiger charge is 2.33. The van der Waals surface area contributed by atoms with Gasteiger partial charge in [0, 0.05) is 11.0 Å². The van der Waals surface area contributed by atoms with Crippen molar-refractivity contribution in [2.75, 3.05) is 13.2 Å². The van der Waals surface area contributed by atoms with Gasteiger partial charge in [0.2, 0.25) is 0 Å². The maximum atomic E-state index is 11.6. The molecule has 2 aromatic carbocycles. The summed E-state index contributed by atoms with van der Waals surface area (Å²) in [7, 11) is 0. The van der Waals surface area contributed by atoms with Crippen molar-refractivity contribution in [2.45, 2.75) is 30.8 Å². The Balaban J connectivity index is 1.85. The molecule has 1 aliphatic rings. The van der Waals surface area contributed by atoms with Gasteiger partial charge in [0.05, 0.1) is 18.7 Å². The second kappa shape index (κ2) is 8.06. The number of aliphatic hydroxyl groups is 1. The van der Waals surface area contributed by atoms with Gasteiger partial charge in [0.15, 0.2) is 0 Å². The molecule has 1 saturated heterocycles. The molecule has 4 heteroatoms. The quantitative estimate of drug-likeness (QED) is 0.790. The molecular formula is C20H22BrNO2. The van der Waals surface area contributed by atoms with Crippen LogP contribution >= 0.6 is 15.9 Å². The van der Waals surface area contributed by atoms with Crippen LogP contribution in [0.3, 0.4) is 0 Å². The lowest BCUT2D eigenvalue weighted by atomic mass is 9.86. The summed E-state index contributed by atoms with van der Waals surface area (Å²) in [5.41, 5.74) is 2.35. The third kappa shape index (κ3) is 3.77. The monoisotopic (exact) mass is 387 g/mol. The van der Waals surface area contributed by atoms with Crippen LogP contribution in [-0.4, -0.2) is 35.5 Å². The first-order chi connectivity index (χ1) is 11.7. The summed E-state index contributed by atoms with van der Waals surface area (Å²) >= 11 is 3.48. The van der Waals surface area contributed by atoms with Gasteiger partial charge in [-0.2, -0.15) is 0 Å². The second-order valence-electron chi connectivity index (χ2n) is 6.34. The van der Waals surface area contributed by atoms with Crippen molar-refractivity contribution in [1.29, 1.82) is 0 Å². The minimum atomic E-state index is -0.139. The van der Waals surface area contributed by atoms with Gasteiger partial charge in [-0.05, 0) is 42.0 Å². The molecule has 3 atom stereocenters. The molecule has 1 N–H and O–H groups in total. The zero-order valence-electron chi connectivity index (χ0n) is 13.5. The molecule has 0 amide bonds. The van der Waals surface area contributed by atoms with E-state index in [0.717, 1.165) is 35.7 Å². The Morgan fingerprint density at radius 3 is 2.46 bits per heavy atom. The summed E-state index contributed by atoms with van der Waals surface area (Å²) in [6.45, 7) is 0.798. The third-order valence-corrected chi connectivity index (χ3v) is 5.45. The van der Waals surface area contributed by atoms with Crippen molar-refractivity contribution >= 4 is 22.2 Å². The minimum absolute atomic E-state index is 0.0153. The highest BCUT2D eigenvalue weighted by atomic mass is 79.9. The van der Waals surface area contributed by atoms with Gasteiger partial charge in [-0.3, -0.25) is 4.90 Å². The fourth-order valence-electron chi connectivity index (χ4n) is 3.61. The Kier molecular flexibility index (Phi) is 5.82. The van der Waals surface area contributed by atoms with E-state index < -0.39 is 0 Å². The van der Waals surface area contributed by atoms with Gasteiger partial charge in [0.1, 0.15) is 6.29 Å². The molecule has 2 aromatic rings. The minimum Gasteiger partial charge on any atom is -0.394 e. The van der Waals surface area contributed by atoms with Crippen LogP contribution in [-0.2, 0) is 4.79 Å². The summed E-state index contributed by atoms with van der Waals surface area (Å²) in [5.74, 6) is 0.382. The molecule has 0 saturated carbocycles. The van der Waals surface area contributed by atoms with Gasteiger partial charge in [-0.1, -0.05) is 58.4 Å². The largest absolute Gasteiger partial charge is 0.394 e. The third-order valence-electron chi connectivity index (χ3n) is 4.92. The highest BCUT2D eigenvalue weighted by molar-refractivity contribution is 9.10. The zero-order valence-corrected chi connectivity index (χ0v) is 15.1. The first kappa shape index (κ1) is 17.3. The number of rotatable bonds is 5. The van der Waals surface area contributed by atoms with Crippen LogP contribution in [0, 0.1) is 0 Å². The first-order valence-electron chi connectivity index (χ1n) is 8.35. The van der Waals surface area contributed by atoms with E-state index in [0.29, 0.717) is 5.92 Å². The van der Waals surface area contributed by atoms with E-state index in [4.69, 9.17) is 0 Å². The predicted molar refractivity (Wildman–Crippen MR) is 98.9 cm³/mol. The van der Waals surface area contributed by atoms with E-state index in [1.807, 2.05) is 30.3 Å². The van der Waals surface area contributed by atoms with E-state index in [-0.39, 0.29) is 18.7 Å². The van der Waals surface area contributed by atoms with E-state index in [9.17, 15) is 9.90 Å². The molecule has 1 aliphatic heterocycles. The van der Waals surface area contributed by atoms with Gasteiger partial charge < -0.3 is 9.90 Å². The molecule has 0 bridgehead atoms. The molecule has 1 heterocycles. The van der Waals surface area contributed by atoms with Crippen LogP contribution in [0.15, 0.2) is 59.1 Å². The van der Waals surface area contributed by atoms with Crippen LogP contribution in [0.25, 0.3) is 0 Å².